The van der Waals surface area contributed by atoms with Gasteiger partial charge in [0.25, 0.3) is 0 Å². The van der Waals surface area contributed by atoms with E-state index in [0.717, 1.165) is 0 Å². The van der Waals surface area contributed by atoms with Crippen molar-refractivity contribution < 1.29 is 0 Å². The van der Waals surface area contributed by atoms with Gasteiger partial charge in [-0.1, -0.05) is 188 Å². The molecule has 0 radical (unpaired) electrons. The molecule has 44 heavy (non-hydrogen) atoms. The van der Waals surface area contributed by atoms with Crippen molar-refractivity contribution in [1.82, 2.24) is 0 Å². The van der Waals surface area contributed by atoms with E-state index in [4.69, 9.17) is 0 Å². The Bertz CT molecular complexity index is 1980. The Labute approximate surface area is 259 Å². The van der Waals surface area contributed by atoms with Crippen molar-refractivity contribution in [2.45, 2.75) is 11.3 Å². The Balaban J connectivity index is 1.28. The topological polar surface area (TPSA) is 0 Å². The van der Waals surface area contributed by atoms with E-state index in [9.17, 15) is 0 Å². The Kier molecular flexibility index (Phi) is 6.54. The first kappa shape index (κ1) is 26.2. The summed E-state index contributed by atoms with van der Waals surface area (Å²) in [6, 6.07) is 68.9. The monoisotopic (exact) mass is 560 g/mol. The molecule has 1 unspecified atom stereocenters. The van der Waals surface area contributed by atoms with Crippen LogP contribution < -0.4 is 0 Å². The number of rotatable bonds is 6. The van der Waals surface area contributed by atoms with Crippen molar-refractivity contribution in [2.75, 3.05) is 0 Å². The molecule has 1 aliphatic rings. The maximum atomic E-state index is 2.37. The fourth-order valence-corrected chi connectivity index (χ4v) is 7.36. The summed E-state index contributed by atoms with van der Waals surface area (Å²) in [6.45, 7) is 0. The zero-order chi connectivity index (χ0) is 29.3. The standard InChI is InChI=1S/C44H32/c1-4-14-32(15-5-1)33-24-26-35(27-25-33)43(34-16-6-2-7-17-34)36-28-30-38(31-29-36)44(37-18-8-3-9-19-37)41-22-12-10-20-39(41)40-21-11-13-23-42(40)44/h1-31,43H. The van der Waals surface area contributed by atoms with Crippen molar-refractivity contribution in [3.8, 4) is 22.3 Å². The summed E-state index contributed by atoms with van der Waals surface area (Å²) in [4.78, 5) is 0. The van der Waals surface area contributed by atoms with E-state index in [0.29, 0.717) is 0 Å². The molecule has 0 bridgehead atoms. The van der Waals surface area contributed by atoms with E-state index < -0.39 is 0 Å². The molecule has 0 amide bonds. The van der Waals surface area contributed by atoms with Crippen LogP contribution in [0.1, 0.15) is 44.9 Å². The predicted octanol–water partition coefficient (Wildman–Crippen LogP) is 10.9. The molecule has 0 spiro atoms. The first-order valence-electron chi connectivity index (χ1n) is 15.4. The van der Waals surface area contributed by atoms with Crippen LogP contribution in [0, 0.1) is 0 Å². The lowest BCUT2D eigenvalue weighted by Crippen LogP contribution is -2.28. The van der Waals surface area contributed by atoms with E-state index in [-0.39, 0.29) is 11.3 Å². The van der Waals surface area contributed by atoms with E-state index in [1.807, 2.05) is 0 Å². The van der Waals surface area contributed by atoms with Gasteiger partial charge in [0.15, 0.2) is 0 Å². The zero-order valence-electron chi connectivity index (χ0n) is 24.5. The largest absolute Gasteiger partial charge is 0.0713 e. The second-order valence-electron chi connectivity index (χ2n) is 11.7. The molecule has 0 heteroatoms. The molecule has 8 rings (SSSR count). The molecule has 0 fully saturated rings. The third kappa shape index (κ3) is 4.22. The highest BCUT2D eigenvalue weighted by Gasteiger charge is 2.45. The Morgan fingerprint density at radius 2 is 0.682 bits per heavy atom. The van der Waals surface area contributed by atoms with E-state index in [1.165, 1.54) is 61.2 Å². The van der Waals surface area contributed by atoms with Crippen molar-refractivity contribution in [3.05, 3.63) is 227 Å². The fraction of sp³-hybridized carbons (Fsp3) is 0.0455. The molecule has 0 heterocycles. The van der Waals surface area contributed by atoms with Crippen LogP contribution in [0.25, 0.3) is 22.3 Å². The fourth-order valence-electron chi connectivity index (χ4n) is 7.36. The minimum absolute atomic E-state index is 0.130. The van der Waals surface area contributed by atoms with Gasteiger partial charge in [0.05, 0.1) is 5.41 Å². The van der Waals surface area contributed by atoms with Crippen LogP contribution in [0.4, 0.5) is 0 Å². The highest BCUT2D eigenvalue weighted by molar-refractivity contribution is 5.86. The Hall–Kier alpha value is -5.46. The summed E-state index contributed by atoms with van der Waals surface area (Å²) in [6.07, 6.45) is 0. The van der Waals surface area contributed by atoms with Gasteiger partial charge in [-0.05, 0) is 61.2 Å². The quantitative estimate of drug-likeness (QED) is 0.177. The maximum absolute atomic E-state index is 2.37. The molecule has 7 aromatic carbocycles. The summed E-state index contributed by atoms with van der Waals surface area (Å²) in [5.74, 6) is 0.130. The second kappa shape index (κ2) is 11.0. The number of hydrogen-bond donors (Lipinski definition) is 0. The summed E-state index contributed by atoms with van der Waals surface area (Å²) < 4.78 is 0. The minimum atomic E-state index is -0.382. The minimum Gasteiger partial charge on any atom is -0.0622 e. The van der Waals surface area contributed by atoms with E-state index >= 15 is 0 Å². The molecule has 7 aromatic rings. The average molecular weight is 561 g/mol. The molecule has 208 valence electrons. The van der Waals surface area contributed by atoms with E-state index in [1.54, 1.807) is 0 Å². The normalized spacial score (nSPS) is 13.5. The van der Waals surface area contributed by atoms with Crippen LogP contribution in [0.5, 0.6) is 0 Å². The lowest BCUT2D eigenvalue weighted by molar-refractivity contribution is 0.767. The molecular formula is C44H32. The Morgan fingerprint density at radius 3 is 1.25 bits per heavy atom. The summed E-state index contributed by atoms with van der Waals surface area (Å²) in [5.41, 5.74) is 13.9. The average Bonchev–Trinajstić information content (AvgIpc) is 3.41. The zero-order valence-corrected chi connectivity index (χ0v) is 24.5. The summed E-state index contributed by atoms with van der Waals surface area (Å²) >= 11 is 0. The molecule has 0 saturated heterocycles. The van der Waals surface area contributed by atoms with Crippen molar-refractivity contribution >= 4 is 0 Å². The summed E-state index contributed by atoms with van der Waals surface area (Å²) in [5, 5.41) is 0. The van der Waals surface area contributed by atoms with Crippen LogP contribution in [0.2, 0.25) is 0 Å². The molecule has 0 saturated carbocycles. The molecule has 0 aromatic heterocycles. The first-order chi connectivity index (χ1) is 21.8. The van der Waals surface area contributed by atoms with Gasteiger partial charge < -0.3 is 0 Å². The van der Waals surface area contributed by atoms with Crippen molar-refractivity contribution in [3.63, 3.8) is 0 Å². The lowest BCUT2D eigenvalue weighted by Gasteiger charge is -2.34. The van der Waals surface area contributed by atoms with Gasteiger partial charge in [-0.15, -0.1) is 0 Å². The van der Waals surface area contributed by atoms with Crippen LogP contribution >= 0.6 is 0 Å². The van der Waals surface area contributed by atoms with Crippen LogP contribution in [0.15, 0.2) is 188 Å². The predicted molar refractivity (Wildman–Crippen MR) is 183 cm³/mol. The smallest absolute Gasteiger partial charge is 0.0622 e. The maximum Gasteiger partial charge on any atom is 0.0713 e. The third-order valence-corrected chi connectivity index (χ3v) is 9.32. The lowest BCUT2D eigenvalue weighted by atomic mass is 9.67. The third-order valence-electron chi connectivity index (χ3n) is 9.32. The number of hydrogen-bond acceptors (Lipinski definition) is 0. The molecule has 0 N–H and O–H groups in total. The highest BCUT2D eigenvalue weighted by Crippen LogP contribution is 2.56. The van der Waals surface area contributed by atoms with Gasteiger partial charge in [0.1, 0.15) is 0 Å². The van der Waals surface area contributed by atoms with Crippen molar-refractivity contribution in [2.24, 2.45) is 0 Å². The second-order valence-corrected chi connectivity index (χ2v) is 11.7. The van der Waals surface area contributed by atoms with Gasteiger partial charge in [-0.2, -0.15) is 0 Å². The van der Waals surface area contributed by atoms with Crippen molar-refractivity contribution in [1.29, 1.82) is 0 Å². The van der Waals surface area contributed by atoms with Gasteiger partial charge in [0.2, 0.25) is 0 Å². The number of fused-ring (bicyclic) bond motifs is 3. The Morgan fingerprint density at radius 1 is 0.295 bits per heavy atom. The molecule has 1 atom stereocenters. The molecule has 1 aliphatic carbocycles. The number of benzene rings is 7. The van der Waals surface area contributed by atoms with Gasteiger partial charge in [0, 0.05) is 5.92 Å². The SMILES string of the molecule is c1ccc(-c2ccc(C(c3ccccc3)c3ccc(C4(c5ccccc5)c5ccccc5-c5ccccc54)cc3)cc2)cc1. The van der Waals surface area contributed by atoms with Crippen LogP contribution in [-0.2, 0) is 5.41 Å². The summed E-state index contributed by atoms with van der Waals surface area (Å²) in [7, 11) is 0. The molecule has 0 nitrogen and oxygen atoms in total. The van der Waals surface area contributed by atoms with E-state index in [2.05, 4.69) is 188 Å². The van der Waals surface area contributed by atoms with Gasteiger partial charge in [-0.25, -0.2) is 0 Å². The van der Waals surface area contributed by atoms with Crippen LogP contribution in [0.3, 0.4) is 0 Å². The van der Waals surface area contributed by atoms with Gasteiger partial charge in [-0.3, -0.25) is 0 Å². The highest BCUT2D eigenvalue weighted by atomic mass is 14.5. The van der Waals surface area contributed by atoms with Crippen LogP contribution in [-0.4, -0.2) is 0 Å². The molecule has 0 aliphatic heterocycles. The molecular weight excluding hydrogens is 528 g/mol. The first-order valence-corrected chi connectivity index (χ1v) is 15.4. The van der Waals surface area contributed by atoms with Gasteiger partial charge >= 0.3 is 0 Å².